The van der Waals surface area contributed by atoms with Gasteiger partial charge in [-0.3, -0.25) is 4.68 Å². The Kier molecular flexibility index (Phi) is 4.46. The summed E-state index contributed by atoms with van der Waals surface area (Å²) in [7, 11) is 0. The minimum Gasteiger partial charge on any atom is -0.478 e. The van der Waals surface area contributed by atoms with E-state index in [9.17, 15) is 23.1 Å². The third kappa shape index (κ3) is 3.22. The topological polar surface area (TPSA) is 55.1 Å². The van der Waals surface area contributed by atoms with Gasteiger partial charge in [-0.1, -0.05) is 11.6 Å². The summed E-state index contributed by atoms with van der Waals surface area (Å²) < 4.78 is 39.8. The zero-order chi connectivity index (χ0) is 17.5. The second-order valence-electron chi connectivity index (χ2n) is 6.25. The Bertz CT molecular complexity index is 765. The van der Waals surface area contributed by atoms with Crippen molar-refractivity contribution in [3.63, 3.8) is 0 Å². The van der Waals surface area contributed by atoms with Gasteiger partial charge >= 0.3 is 12.1 Å². The van der Waals surface area contributed by atoms with E-state index in [0.717, 1.165) is 0 Å². The molecule has 0 atom stereocenters. The van der Waals surface area contributed by atoms with Gasteiger partial charge in [-0.25, -0.2) is 4.79 Å². The summed E-state index contributed by atoms with van der Waals surface area (Å²) in [6.45, 7) is 0.441. The second-order valence-corrected chi connectivity index (χ2v) is 6.66. The molecule has 1 saturated carbocycles. The molecule has 0 unspecified atom stereocenters. The summed E-state index contributed by atoms with van der Waals surface area (Å²) in [5, 5.41) is 14.3. The number of halogens is 4. The van der Waals surface area contributed by atoms with Gasteiger partial charge in [-0.05, 0) is 43.7 Å². The Hall–Kier alpha value is -1.76. The van der Waals surface area contributed by atoms with E-state index in [1.807, 2.05) is 0 Å². The number of carboxylic acid groups (broad SMARTS) is 1. The predicted molar refractivity (Wildman–Crippen MR) is 83.2 cm³/mol. The molecule has 1 aliphatic rings. The van der Waals surface area contributed by atoms with Gasteiger partial charge in [0.05, 0.1) is 28.2 Å². The lowest BCUT2D eigenvalue weighted by Crippen LogP contribution is -2.29. The Morgan fingerprint density at radius 3 is 2.54 bits per heavy atom. The fourth-order valence-electron chi connectivity index (χ4n) is 3.40. The number of carbonyl (C=O) groups is 1. The van der Waals surface area contributed by atoms with Crippen molar-refractivity contribution in [1.82, 2.24) is 9.78 Å². The molecule has 0 aliphatic heterocycles. The standard InChI is InChI=1S/C16H16ClF3N2O2/c17-13-6-5-11(15(23)24)12-7-21-22(14(12)13)8-9-1-3-10(4-2-9)16(18,19)20/h5-7,9-10H,1-4,8H2,(H,23,24). The minimum absolute atomic E-state index is 0.0799. The lowest BCUT2D eigenvalue weighted by Gasteiger charge is -2.29. The summed E-state index contributed by atoms with van der Waals surface area (Å²) >= 11 is 6.18. The number of carboxylic acids is 1. The van der Waals surface area contributed by atoms with Crippen molar-refractivity contribution in [3.8, 4) is 0 Å². The number of rotatable bonds is 3. The number of aromatic nitrogens is 2. The summed E-state index contributed by atoms with van der Waals surface area (Å²) in [4.78, 5) is 11.3. The summed E-state index contributed by atoms with van der Waals surface area (Å²) in [5.41, 5.74) is 0.635. The van der Waals surface area contributed by atoms with Crippen LogP contribution in [0.3, 0.4) is 0 Å². The summed E-state index contributed by atoms with van der Waals surface area (Å²) in [5.74, 6) is -2.21. The Labute approximate surface area is 141 Å². The van der Waals surface area contributed by atoms with E-state index in [1.54, 1.807) is 4.68 Å². The van der Waals surface area contributed by atoms with E-state index in [-0.39, 0.29) is 24.3 Å². The largest absolute Gasteiger partial charge is 0.478 e. The van der Waals surface area contributed by atoms with E-state index in [1.165, 1.54) is 18.3 Å². The lowest BCUT2D eigenvalue weighted by molar-refractivity contribution is -0.184. The number of fused-ring (bicyclic) bond motifs is 1. The average molecular weight is 361 g/mol. The maximum Gasteiger partial charge on any atom is 0.391 e. The van der Waals surface area contributed by atoms with Crippen molar-refractivity contribution in [3.05, 3.63) is 28.9 Å². The number of benzene rings is 1. The van der Waals surface area contributed by atoms with Gasteiger partial charge < -0.3 is 5.11 Å². The van der Waals surface area contributed by atoms with Crippen molar-refractivity contribution < 1.29 is 23.1 Å². The molecule has 0 saturated heterocycles. The first-order chi connectivity index (χ1) is 11.3. The SMILES string of the molecule is O=C(O)c1ccc(Cl)c2c1cnn2CC1CCC(C(F)(F)F)CC1. The van der Waals surface area contributed by atoms with Crippen LogP contribution in [0.4, 0.5) is 13.2 Å². The molecule has 1 N–H and O–H groups in total. The van der Waals surface area contributed by atoms with Gasteiger partial charge in [-0.2, -0.15) is 18.3 Å². The number of hydrogen-bond donors (Lipinski definition) is 1. The number of alkyl halides is 3. The van der Waals surface area contributed by atoms with Gasteiger partial charge in [0.1, 0.15) is 0 Å². The normalized spacial score (nSPS) is 22.0. The third-order valence-electron chi connectivity index (χ3n) is 4.72. The van der Waals surface area contributed by atoms with Crippen LogP contribution in [-0.2, 0) is 6.54 Å². The van der Waals surface area contributed by atoms with E-state index in [0.29, 0.717) is 35.3 Å². The number of aromatic carboxylic acids is 1. The average Bonchev–Trinajstić information content (AvgIpc) is 2.91. The molecular weight excluding hydrogens is 345 g/mol. The van der Waals surface area contributed by atoms with E-state index in [4.69, 9.17) is 11.6 Å². The molecule has 0 radical (unpaired) electrons. The fourth-order valence-corrected chi connectivity index (χ4v) is 3.66. The summed E-state index contributed by atoms with van der Waals surface area (Å²) in [6, 6.07) is 2.93. The van der Waals surface area contributed by atoms with E-state index < -0.39 is 18.1 Å². The van der Waals surface area contributed by atoms with Gasteiger partial charge in [0, 0.05) is 11.9 Å². The molecule has 0 amide bonds. The first-order valence-electron chi connectivity index (χ1n) is 7.71. The fraction of sp³-hybridized carbons (Fsp3) is 0.500. The molecule has 0 bridgehead atoms. The highest BCUT2D eigenvalue weighted by Crippen LogP contribution is 2.40. The van der Waals surface area contributed by atoms with E-state index in [2.05, 4.69) is 5.10 Å². The molecule has 2 aromatic rings. The molecule has 24 heavy (non-hydrogen) atoms. The maximum atomic E-state index is 12.7. The van der Waals surface area contributed by atoms with Crippen molar-refractivity contribution in [2.75, 3.05) is 0 Å². The second kappa shape index (κ2) is 6.27. The lowest BCUT2D eigenvalue weighted by atomic mass is 9.81. The molecule has 1 aliphatic carbocycles. The first-order valence-corrected chi connectivity index (χ1v) is 8.09. The smallest absolute Gasteiger partial charge is 0.391 e. The molecule has 130 valence electrons. The van der Waals surface area contributed by atoms with Gasteiger partial charge in [0.25, 0.3) is 0 Å². The van der Waals surface area contributed by atoms with Gasteiger partial charge in [0.2, 0.25) is 0 Å². The molecular formula is C16H16ClF3N2O2. The quantitative estimate of drug-likeness (QED) is 0.858. The predicted octanol–water partition coefficient (Wildman–Crippen LogP) is 4.76. The van der Waals surface area contributed by atoms with Gasteiger partial charge in [0.15, 0.2) is 0 Å². The van der Waals surface area contributed by atoms with Crippen LogP contribution in [0.5, 0.6) is 0 Å². The van der Waals surface area contributed by atoms with Crippen molar-refractivity contribution in [2.45, 2.75) is 38.4 Å². The maximum absolute atomic E-state index is 12.7. The molecule has 1 aromatic carbocycles. The molecule has 1 fully saturated rings. The minimum atomic E-state index is -4.12. The van der Waals surface area contributed by atoms with Crippen molar-refractivity contribution >= 4 is 28.5 Å². The number of nitrogens with zero attached hydrogens (tertiary/aromatic N) is 2. The zero-order valence-electron chi connectivity index (χ0n) is 12.7. The number of hydrogen-bond acceptors (Lipinski definition) is 2. The van der Waals surface area contributed by atoms with Crippen LogP contribution >= 0.6 is 11.6 Å². The van der Waals surface area contributed by atoms with Crippen LogP contribution in [0.15, 0.2) is 18.3 Å². The van der Waals surface area contributed by atoms with Crippen LogP contribution in [0.25, 0.3) is 10.9 Å². The highest BCUT2D eigenvalue weighted by atomic mass is 35.5. The Balaban J connectivity index is 1.80. The van der Waals surface area contributed by atoms with Gasteiger partial charge in [-0.15, -0.1) is 0 Å². The zero-order valence-corrected chi connectivity index (χ0v) is 13.4. The molecule has 1 aromatic heterocycles. The van der Waals surface area contributed by atoms with Crippen molar-refractivity contribution in [1.29, 1.82) is 0 Å². The third-order valence-corrected chi connectivity index (χ3v) is 5.03. The van der Waals surface area contributed by atoms with Crippen LogP contribution in [0.1, 0.15) is 36.0 Å². The first kappa shape index (κ1) is 17.1. The van der Waals surface area contributed by atoms with Crippen LogP contribution in [0.2, 0.25) is 5.02 Å². The van der Waals surface area contributed by atoms with Crippen LogP contribution in [-0.4, -0.2) is 27.0 Å². The van der Waals surface area contributed by atoms with Crippen LogP contribution < -0.4 is 0 Å². The van der Waals surface area contributed by atoms with E-state index >= 15 is 0 Å². The monoisotopic (exact) mass is 360 g/mol. The summed E-state index contributed by atoms with van der Waals surface area (Å²) in [6.07, 6.45) is -1.47. The molecule has 4 nitrogen and oxygen atoms in total. The van der Waals surface area contributed by atoms with Crippen molar-refractivity contribution in [2.24, 2.45) is 11.8 Å². The van der Waals surface area contributed by atoms with Crippen LogP contribution in [0, 0.1) is 11.8 Å². The molecule has 0 spiro atoms. The Morgan fingerprint density at radius 1 is 1.29 bits per heavy atom. The molecule has 3 rings (SSSR count). The Morgan fingerprint density at radius 2 is 1.96 bits per heavy atom. The highest BCUT2D eigenvalue weighted by molar-refractivity contribution is 6.35. The molecule has 8 heteroatoms. The highest BCUT2D eigenvalue weighted by Gasteiger charge is 2.41. The molecule has 1 heterocycles.